The maximum absolute atomic E-state index is 5.83. The third kappa shape index (κ3) is 2.16. The van der Waals surface area contributed by atoms with Crippen LogP contribution in [0, 0.1) is 11.8 Å². The Morgan fingerprint density at radius 2 is 1.91 bits per heavy atom. The fraction of sp³-hybridized carbons (Fsp3) is 1.00. The molecule has 1 aliphatic rings. The molecule has 0 aromatic heterocycles. The second kappa shape index (κ2) is 3.03. The third-order valence-corrected chi connectivity index (χ3v) is 3.50. The lowest BCUT2D eigenvalue weighted by molar-refractivity contribution is 0.156. The summed E-state index contributed by atoms with van der Waals surface area (Å²) in [4.78, 5) is 0. The van der Waals surface area contributed by atoms with Gasteiger partial charge in [0, 0.05) is 6.04 Å². The summed E-state index contributed by atoms with van der Waals surface area (Å²) in [7, 11) is 2.94. The standard InChI is InChI=1S/C9H20NP/c1-6(7(2)10)8-4-9(3,11)5-8/h6-8H,4-5,10-11H2,1-3H3/t6?,7-,8?,9?/m1/s1. The van der Waals surface area contributed by atoms with Gasteiger partial charge >= 0.3 is 0 Å². The average Bonchev–Trinajstić information content (AvgIpc) is 1.80. The first-order valence-electron chi connectivity index (χ1n) is 4.47. The third-order valence-electron chi connectivity index (χ3n) is 3.03. The summed E-state index contributed by atoms with van der Waals surface area (Å²) in [5, 5.41) is 0.522. The van der Waals surface area contributed by atoms with E-state index in [9.17, 15) is 0 Å². The molecule has 0 amide bonds. The molecule has 1 saturated carbocycles. The Labute approximate surface area is 72.3 Å². The maximum atomic E-state index is 5.83. The number of hydrogen-bond acceptors (Lipinski definition) is 1. The van der Waals surface area contributed by atoms with Crippen molar-refractivity contribution in [3.8, 4) is 0 Å². The van der Waals surface area contributed by atoms with Gasteiger partial charge in [-0.3, -0.25) is 0 Å². The van der Waals surface area contributed by atoms with E-state index in [1.165, 1.54) is 12.8 Å². The molecule has 0 aromatic rings. The first-order valence-corrected chi connectivity index (χ1v) is 5.04. The van der Waals surface area contributed by atoms with Crippen molar-refractivity contribution < 1.29 is 0 Å². The SMILES string of the molecule is CC(C1CC(C)(P)C1)[C@@H](C)N. The summed E-state index contributed by atoms with van der Waals surface area (Å²) in [6.07, 6.45) is 2.67. The Balaban J connectivity index is 2.32. The fourth-order valence-corrected chi connectivity index (χ4v) is 2.54. The molecule has 1 fully saturated rings. The van der Waals surface area contributed by atoms with Gasteiger partial charge in [0.05, 0.1) is 0 Å². The van der Waals surface area contributed by atoms with Crippen LogP contribution in [-0.2, 0) is 0 Å². The molecular weight excluding hydrogens is 153 g/mol. The van der Waals surface area contributed by atoms with Crippen LogP contribution in [0.3, 0.4) is 0 Å². The van der Waals surface area contributed by atoms with Crippen molar-refractivity contribution in [3.63, 3.8) is 0 Å². The molecule has 0 saturated heterocycles. The fourth-order valence-electron chi connectivity index (χ4n) is 1.94. The van der Waals surface area contributed by atoms with Crippen molar-refractivity contribution >= 4 is 9.24 Å². The molecule has 11 heavy (non-hydrogen) atoms. The first-order chi connectivity index (χ1) is 4.92. The van der Waals surface area contributed by atoms with Gasteiger partial charge in [-0.2, -0.15) is 0 Å². The van der Waals surface area contributed by atoms with E-state index in [0.29, 0.717) is 17.1 Å². The maximum Gasteiger partial charge on any atom is 0.00387 e. The molecule has 1 nitrogen and oxygen atoms in total. The van der Waals surface area contributed by atoms with Gasteiger partial charge in [0.1, 0.15) is 0 Å². The minimum Gasteiger partial charge on any atom is -0.328 e. The predicted octanol–water partition coefficient (Wildman–Crippen LogP) is 2.01. The van der Waals surface area contributed by atoms with Crippen LogP contribution in [-0.4, -0.2) is 11.2 Å². The minimum atomic E-state index is 0.362. The second-order valence-electron chi connectivity index (χ2n) is 4.54. The molecule has 3 atom stereocenters. The number of hydrogen-bond donors (Lipinski definition) is 1. The highest BCUT2D eigenvalue weighted by atomic mass is 31.0. The van der Waals surface area contributed by atoms with E-state index in [1.807, 2.05) is 0 Å². The van der Waals surface area contributed by atoms with Crippen LogP contribution in [0.5, 0.6) is 0 Å². The molecule has 1 aliphatic carbocycles. The molecule has 0 heterocycles. The largest absolute Gasteiger partial charge is 0.328 e. The summed E-state index contributed by atoms with van der Waals surface area (Å²) in [5.41, 5.74) is 5.83. The summed E-state index contributed by atoms with van der Waals surface area (Å²) in [6.45, 7) is 6.69. The monoisotopic (exact) mass is 173 g/mol. The summed E-state index contributed by atoms with van der Waals surface area (Å²) >= 11 is 0. The van der Waals surface area contributed by atoms with Crippen LogP contribution in [0.1, 0.15) is 33.6 Å². The molecule has 2 N–H and O–H groups in total. The molecular formula is C9H20NP. The topological polar surface area (TPSA) is 26.0 Å². The van der Waals surface area contributed by atoms with Crippen molar-refractivity contribution in [2.45, 2.75) is 44.8 Å². The van der Waals surface area contributed by atoms with Crippen LogP contribution in [0.4, 0.5) is 0 Å². The van der Waals surface area contributed by atoms with Crippen molar-refractivity contribution in [1.29, 1.82) is 0 Å². The Bertz CT molecular complexity index is 134. The lowest BCUT2D eigenvalue weighted by Gasteiger charge is -2.46. The van der Waals surface area contributed by atoms with Gasteiger partial charge in [-0.05, 0) is 36.8 Å². The molecule has 0 bridgehead atoms. The zero-order chi connectivity index (χ0) is 8.65. The average molecular weight is 173 g/mol. The van der Waals surface area contributed by atoms with E-state index in [4.69, 9.17) is 5.73 Å². The smallest absolute Gasteiger partial charge is 0.00387 e. The first kappa shape index (κ1) is 9.48. The van der Waals surface area contributed by atoms with E-state index >= 15 is 0 Å². The lowest BCUT2D eigenvalue weighted by Crippen LogP contribution is -2.43. The summed E-state index contributed by atoms with van der Waals surface area (Å²) in [6, 6.07) is 0.362. The van der Waals surface area contributed by atoms with Crippen molar-refractivity contribution in [2.75, 3.05) is 0 Å². The van der Waals surface area contributed by atoms with Gasteiger partial charge < -0.3 is 5.73 Å². The van der Waals surface area contributed by atoms with Crippen molar-refractivity contribution in [3.05, 3.63) is 0 Å². The van der Waals surface area contributed by atoms with Crippen LogP contribution in [0.2, 0.25) is 0 Å². The van der Waals surface area contributed by atoms with E-state index in [0.717, 1.165) is 5.92 Å². The summed E-state index contributed by atoms with van der Waals surface area (Å²) in [5.74, 6) is 1.57. The van der Waals surface area contributed by atoms with Gasteiger partial charge in [-0.25, -0.2) is 0 Å². The number of nitrogens with two attached hydrogens (primary N) is 1. The molecule has 0 spiro atoms. The van der Waals surface area contributed by atoms with E-state index in [2.05, 4.69) is 30.0 Å². The Kier molecular flexibility index (Phi) is 2.61. The Hall–Kier alpha value is 0.390. The quantitative estimate of drug-likeness (QED) is 0.635. The molecule has 2 heteroatoms. The Morgan fingerprint density at radius 3 is 2.18 bits per heavy atom. The van der Waals surface area contributed by atoms with Gasteiger partial charge in [-0.15, -0.1) is 9.24 Å². The van der Waals surface area contributed by atoms with Crippen molar-refractivity contribution in [1.82, 2.24) is 0 Å². The molecule has 2 unspecified atom stereocenters. The summed E-state index contributed by atoms with van der Waals surface area (Å²) < 4.78 is 0. The normalized spacial score (nSPS) is 42.8. The zero-order valence-corrected chi connectivity index (χ0v) is 8.96. The van der Waals surface area contributed by atoms with Gasteiger partial charge in [0.15, 0.2) is 0 Å². The van der Waals surface area contributed by atoms with Crippen LogP contribution >= 0.6 is 9.24 Å². The Morgan fingerprint density at radius 1 is 1.45 bits per heavy atom. The molecule has 0 radical (unpaired) electrons. The van der Waals surface area contributed by atoms with E-state index in [1.54, 1.807) is 0 Å². The van der Waals surface area contributed by atoms with Gasteiger partial charge in [-0.1, -0.05) is 13.8 Å². The van der Waals surface area contributed by atoms with Crippen LogP contribution in [0.25, 0.3) is 0 Å². The van der Waals surface area contributed by atoms with Gasteiger partial charge in [0.2, 0.25) is 0 Å². The highest BCUT2D eigenvalue weighted by molar-refractivity contribution is 7.19. The van der Waals surface area contributed by atoms with Crippen LogP contribution < -0.4 is 5.73 Å². The second-order valence-corrected chi connectivity index (χ2v) is 5.93. The highest BCUT2D eigenvalue weighted by Gasteiger charge is 2.39. The predicted molar refractivity (Wildman–Crippen MR) is 53.7 cm³/mol. The van der Waals surface area contributed by atoms with E-state index in [-0.39, 0.29) is 0 Å². The number of rotatable bonds is 2. The molecule has 0 aliphatic heterocycles. The highest BCUT2D eigenvalue weighted by Crippen LogP contribution is 2.48. The minimum absolute atomic E-state index is 0.362. The van der Waals surface area contributed by atoms with E-state index < -0.39 is 0 Å². The molecule has 1 rings (SSSR count). The van der Waals surface area contributed by atoms with Crippen molar-refractivity contribution in [2.24, 2.45) is 17.6 Å². The van der Waals surface area contributed by atoms with Gasteiger partial charge in [0.25, 0.3) is 0 Å². The molecule has 66 valence electrons. The zero-order valence-electron chi connectivity index (χ0n) is 7.80. The van der Waals surface area contributed by atoms with Crippen LogP contribution in [0.15, 0.2) is 0 Å². The molecule has 0 aromatic carbocycles. The lowest BCUT2D eigenvalue weighted by atomic mass is 9.67.